The molecule has 0 aliphatic carbocycles. The molecule has 0 saturated carbocycles. The van der Waals surface area contributed by atoms with Crippen molar-refractivity contribution < 1.29 is 32.2 Å². The maximum atomic E-state index is 13.1. The molecule has 1 aromatic rings. The number of rotatable bonds is 6. The Morgan fingerprint density at radius 2 is 1.96 bits per heavy atom. The van der Waals surface area contributed by atoms with Gasteiger partial charge in [0.15, 0.2) is 15.0 Å². The average molecular weight is 416 g/mol. The van der Waals surface area contributed by atoms with Crippen molar-refractivity contribution in [3.63, 3.8) is 0 Å². The predicted molar refractivity (Wildman–Crippen MR) is 96.7 cm³/mol. The van der Waals surface area contributed by atoms with Gasteiger partial charge in [0, 0.05) is 11.8 Å². The number of nitrogens with zero attached hydrogens (tertiary/aromatic N) is 2. The summed E-state index contributed by atoms with van der Waals surface area (Å²) in [6, 6.07) is 5.47. The summed E-state index contributed by atoms with van der Waals surface area (Å²) < 4.78 is 41.8. The molecular weight excluding hydrogens is 399 g/mol. The van der Waals surface area contributed by atoms with E-state index in [1.807, 2.05) is 0 Å². The van der Waals surface area contributed by atoms with Crippen molar-refractivity contribution in [1.29, 1.82) is 0 Å². The minimum Gasteiger partial charge on any atom is -0.480 e. The highest BCUT2D eigenvalue weighted by molar-refractivity contribution is 8.15. The fourth-order valence-corrected chi connectivity index (χ4v) is 6.94. The number of benzene rings is 1. The number of hydrogen-bond acceptors (Lipinski definition) is 6. The Kier molecular flexibility index (Phi) is 5.82. The van der Waals surface area contributed by atoms with Crippen molar-refractivity contribution in [2.24, 2.45) is 4.99 Å². The van der Waals surface area contributed by atoms with Crippen LogP contribution in [-0.2, 0) is 30.7 Å². The Morgan fingerprint density at radius 3 is 2.63 bits per heavy atom. The van der Waals surface area contributed by atoms with Gasteiger partial charge in [-0.25, -0.2) is 17.6 Å². The first kappa shape index (κ1) is 19.8. The number of amides is 1. The molecule has 2 fully saturated rings. The molecular formula is C16H17FN2O6S2. The second kappa shape index (κ2) is 7.95. The van der Waals surface area contributed by atoms with E-state index in [-0.39, 0.29) is 35.2 Å². The second-order valence-electron chi connectivity index (χ2n) is 6.23. The molecule has 2 aliphatic rings. The van der Waals surface area contributed by atoms with Gasteiger partial charge in [-0.2, -0.15) is 4.99 Å². The molecule has 0 unspecified atom stereocenters. The summed E-state index contributed by atoms with van der Waals surface area (Å²) in [7, 11) is -3.17. The van der Waals surface area contributed by atoms with Crippen LogP contribution in [0.2, 0.25) is 0 Å². The van der Waals surface area contributed by atoms with E-state index in [1.165, 1.54) is 23.9 Å². The van der Waals surface area contributed by atoms with Crippen LogP contribution in [0.3, 0.4) is 0 Å². The first-order valence-electron chi connectivity index (χ1n) is 8.03. The minimum absolute atomic E-state index is 0.00494. The molecule has 3 rings (SSSR count). The third kappa shape index (κ3) is 5.05. The zero-order valence-electron chi connectivity index (χ0n) is 14.1. The maximum Gasteiger partial charge on any atom is 0.329 e. The summed E-state index contributed by atoms with van der Waals surface area (Å²) in [6.07, 6.45) is 0. The number of carboxylic acids is 1. The molecule has 2 heterocycles. The van der Waals surface area contributed by atoms with E-state index >= 15 is 0 Å². The third-order valence-corrected chi connectivity index (χ3v) is 7.36. The first-order chi connectivity index (χ1) is 12.7. The molecule has 0 radical (unpaired) electrons. The fraction of sp³-hybridized carbons (Fsp3) is 0.438. The number of carbonyl (C=O) groups excluding carboxylic acids is 1. The first-order valence-corrected chi connectivity index (χ1v) is 10.7. The number of halogens is 1. The highest BCUT2D eigenvalue weighted by Crippen LogP contribution is 2.39. The van der Waals surface area contributed by atoms with Crippen molar-refractivity contribution in [2.75, 3.05) is 24.7 Å². The normalized spacial score (nSPS) is 24.9. The molecule has 11 heteroatoms. The summed E-state index contributed by atoms with van der Waals surface area (Å²) in [5.41, 5.74) is 0.754. The summed E-state index contributed by atoms with van der Waals surface area (Å²) in [4.78, 5) is 28.1. The van der Waals surface area contributed by atoms with Gasteiger partial charge in [-0.3, -0.25) is 4.79 Å². The molecule has 146 valence electrons. The average Bonchev–Trinajstić information content (AvgIpc) is 3.02. The summed E-state index contributed by atoms with van der Waals surface area (Å²) in [6.45, 7) is -0.799. The number of aliphatic imine (C=N–C) groups is 1. The van der Waals surface area contributed by atoms with E-state index in [0.717, 1.165) is 5.56 Å². The summed E-state index contributed by atoms with van der Waals surface area (Å²) in [5.74, 6) is -2.25. The van der Waals surface area contributed by atoms with Crippen LogP contribution in [0, 0.1) is 5.82 Å². The van der Waals surface area contributed by atoms with Gasteiger partial charge in [-0.15, -0.1) is 0 Å². The Labute approximate surface area is 159 Å². The largest absolute Gasteiger partial charge is 0.480 e. The van der Waals surface area contributed by atoms with Crippen LogP contribution < -0.4 is 0 Å². The molecule has 1 amide bonds. The molecule has 2 aliphatic heterocycles. The number of carbonyl (C=O) groups is 2. The smallest absolute Gasteiger partial charge is 0.329 e. The molecule has 8 nitrogen and oxygen atoms in total. The van der Waals surface area contributed by atoms with Gasteiger partial charge in [0.1, 0.15) is 19.0 Å². The van der Waals surface area contributed by atoms with Crippen LogP contribution in [0.25, 0.3) is 0 Å². The van der Waals surface area contributed by atoms with Gasteiger partial charge < -0.3 is 14.7 Å². The Morgan fingerprint density at radius 1 is 1.26 bits per heavy atom. The van der Waals surface area contributed by atoms with Gasteiger partial charge in [-0.05, 0) is 17.7 Å². The fourth-order valence-electron chi connectivity index (χ4n) is 2.97. The molecule has 0 aromatic heterocycles. The molecule has 2 atom stereocenters. The van der Waals surface area contributed by atoms with Gasteiger partial charge in [0.05, 0.1) is 17.5 Å². The number of amidine groups is 1. The molecule has 0 spiro atoms. The van der Waals surface area contributed by atoms with Crippen LogP contribution in [0.1, 0.15) is 5.56 Å². The monoisotopic (exact) mass is 416 g/mol. The number of sulfone groups is 1. The van der Waals surface area contributed by atoms with E-state index in [1.54, 1.807) is 17.0 Å². The van der Waals surface area contributed by atoms with Gasteiger partial charge in [0.2, 0.25) is 0 Å². The van der Waals surface area contributed by atoms with Crippen LogP contribution in [0.15, 0.2) is 29.3 Å². The lowest BCUT2D eigenvalue weighted by atomic mass is 10.1. The molecule has 27 heavy (non-hydrogen) atoms. The molecule has 1 N–H and O–H groups in total. The van der Waals surface area contributed by atoms with Gasteiger partial charge >= 0.3 is 5.97 Å². The maximum absolute atomic E-state index is 13.1. The van der Waals surface area contributed by atoms with E-state index < -0.39 is 34.9 Å². The standard InChI is InChI=1S/C16H17FN2O6S2/c17-11-3-1-10(2-4-11)5-19-12-8-27(23,24)9-13(12)26-16(19)18-14(20)6-25-7-15(21)22/h1-4,12-13H,5-9H2,(H,21,22)/t12-,13+/m1/s1. The van der Waals surface area contributed by atoms with Crippen LogP contribution in [0.5, 0.6) is 0 Å². The number of hydrogen-bond donors (Lipinski definition) is 1. The second-order valence-corrected chi connectivity index (χ2v) is 9.59. The Hall–Kier alpha value is -1.98. The highest BCUT2D eigenvalue weighted by Gasteiger charge is 2.48. The third-order valence-electron chi connectivity index (χ3n) is 4.11. The zero-order valence-corrected chi connectivity index (χ0v) is 15.7. The van der Waals surface area contributed by atoms with E-state index in [9.17, 15) is 22.4 Å². The summed E-state index contributed by atoms with van der Waals surface area (Å²) in [5, 5.41) is 8.66. The number of thioether (sulfide) groups is 1. The van der Waals surface area contributed by atoms with Crippen molar-refractivity contribution in [3.05, 3.63) is 35.6 Å². The SMILES string of the molecule is O=C(O)COCC(=O)N=C1S[C@H]2CS(=O)(=O)C[C@H]2N1Cc1ccc(F)cc1. The number of aliphatic carboxylic acids is 1. The van der Waals surface area contributed by atoms with Crippen LogP contribution in [-0.4, -0.2) is 71.5 Å². The van der Waals surface area contributed by atoms with Gasteiger partial charge in [-0.1, -0.05) is 23.9 Å². The number of fused-ring (bicyclic) bond motifs is 1. The predicted octanol–water partition coefficient (Wildman–Crippen LogP) is 0.524. The van der Waals surface area contributed by atoms with Crippen molar-refractivity contribution >= 4 is 38.6 Å². The topological polar surface area (TPSA) is 113 Å². The zero-order chi connectivity index (χ0) is 19.6. The lowest BCUT2D eigenvalue weighted by Crippen LogP contribution is -2.37. The molecule has 1 aromatic carbocycles. The van der Waals surface area contributed by atoms with Crippen molar-refractivity contribution in [2.45, 2.75) is 17.8 Å². The Balaban J connectivity index is 1.77. The lowest BCUT2D eigenvalue weighted by molar-refractivity contribution is -0.143. The molecule has 0 bridgehead atoms. The van der Waals surface area contributed by atoms with Gasteiger partial charge in [0.25, 0.3) is 5.91 Å². The highest BCUT2D eigenvalue weighted by atomic mass is 32.2. The summed E-state index contributed by atoms with van der Waals surface area (Å²) >= 11 is 1.21. The Bertz CT molecular complexity index is 871. The quantitative estimate of drug-likeness (QED) is 0.714. The molecule has 2 saturated heterocycles. The van der Waals surface area contributed by atoms with E-state index in [4.69, 9.17) is 9.84 Å². The lowest BCUT2D eigenvalue weighted by Gasteiger charge is -2.24. The number of ether oxygens (including phenoxy) is 1. The van der Waals surface area contributed by atoms with E-state index in [2.05, 4.69) is 4.99 Å². The van der Waals surface area contributed by atoms with E-state index in [0.29, 0.717) is 5.17 Å². The van der Waals surface area contributed by atoms with Crippen LogP contribution >= 0.6 is 11.8 Å². The van der Waals surface area contributed by atoms with Crippen molar-refractivity contribution in [1.82, 2.24) is 4.90 Å². The van der Waals surface area contributed by atoms with Crippen LogP contribution in [0.4, 0.5) is 4.39 Å². The minimum atomic E-state index is -3.17. The van der Waals surface area contributed by atoms with Crippen molar-refractivity contribution in [3.8, 4) is 0 Å². The number of carboxylic acid groups (broad SMARTS) is 1.